The minimum absolute atomic E-state index is 0.553. The molecule has 0 atom stereocenters. The summed E-state index contributed by atoms with van der Waals surface area (Å²) < 4.78 is 5.62. The van der Waals surface area contributed by atoms with Gasteiger partial charge in [-0.05, 0) is 18.6 Å². The lowest BCUT2D eigenvalue weighted by Crippen LogP contribution is -1.88. The van der Waals surface area contributed by atoms with Crippen LogP contribution in [0.15, 0.2) is 39.3 Å². The number of halogens is 1. The van der Waals surface area contributed by atoms with Crippen LogP contribution >= 0.6 is 34.7 Å². The van der Waals surface area contributed by atoms with Crippen LogP contribution in [0.5, 0.6) is 0 Å². The van der Waals surface area contributed by atoms with Crippen molar-refractivity contribution in [3.05, 3.63) is 56.8 Å². The van der Waals surface area contributed by atoms with Crippen molar-refractivity contribution in [1.29, 1.82) is 0 Å². The maximum Gasteiger partial charge on any atom is 0.276 e. The van der Waals surface area contributed by atoms with E-state index in [1.165, 1.54) is 11.8 Å². The first kappa shape index (κ1) is 14.6. The average molecular weight is 338 g/mol. The molecule has 3 aromatic rings. The van der Waals surface area contributed by atoms with Crippen molar-refractivity contribution in [2.24, 2.45) is 0 Å². The SMILES string of the molecule is Cc1nc(Cc2nnc(SCc3ccccc3Cl)o2)cs1. The smallest absolute Gasteiger partial charge is 0.276 e. The fraction of sp³-hybridized carbons (Fsp3) is 0.214. The highest BCUT2D eigenvalue weighted by atomic mass is 35.5. The highest BCUT2D eigenvalue weighted by Gasteiger charge is 2.10. The second kappa shape index (κ2) is 6.60. The van der Waals surface area contributed by atoms with Gasteiger partial charge in [0.2, 0.25) is 5.89 Å². The van der Waals surface area contributed by atoms with E-state index in [1.54, 1.807) is 11.3 Å². The molecule has 0 bridgehead atoms. The first-order valence-electron chi connectivity index (χ1n) is 6.30. The second-order valence-electron chi connectivity index (χ2n) is 4.38. The molecule has 0 spiro atoms. The van der Waals surface area contributed by atoms with Crippen LogP contribution in [0, 0.1) is 6.92 Å². The second-order valence-corrected chi connectivity index (χ2v) is 6.77. The van der Waals surface area contributed by atoms with E-state index < -0.39 is 0 Å². The number of benzene rings is 1. The van der Waals surface area contributed by atoms with Crippen LogP contribution in [0.4, 0.5) is 0 Å². The molecule has 0 saturated heterocycles. The van der Waals surface area contributed by atoms with E-state index in [9.17, 15) is 0 Å². The Kier molecular flexibility index (Phi) is 4.57. The number of hydrogen-bond acceptors (Lipinski definition) is 6. The predicted molar refractivity (Wildman–Crippen MR) is 85.0 cm³/mol. The summed E-state index contributed by atoms with van der Waals surface area (Å²) in [6.45, 7) is 1.98. The zero-order chi connectivity index (χ0) is 14.7. The van der Waals surface area contributed by atoms with E-state index in [-0.39, 0.29) is 0 Å². The Hall–Kier alpha value is -1.37. The van der Waals surface area contributed by atoms with Gasteiger partial charge < -0.3 is 4.42 Å². The number of aryl methyl sites for hydroxylation is 1. The number of nitrogens with zero attached hydrogens (tertiary/aromatic N) is 3. The quantitative estimate of drug-likeness (QED) is 0.647. The highest BCUT2D eigenvalue weighted by molar-refractivity contribution is 7.98. The molecule has 21 heavy (non-hydrogen) atoms. The monoisotopic (exact) mass is 337 g/mol. The van der Waals surface area contributed by atoms with Crippen molar-refractivity contribution in [3.8, 4) is 0 Å². The Morgan fingerprint density at radius 2 is 2.14 bits per heavy atom. The molecule has 0 unspecified atom stereocenters. The van der Waals surface area contributed by atoms with Crippen LogP contribution in [0.3, 0.4) is 0 Å². The van der Waals surface area contributed by atoms with Crippen molar-refractivity contribution < 1.29 is 4.42 Å². The Bertz CT molecular complexity index is 741. The molecule has 2 aromatic heterocycles. The fourth-order valence-corrected chi connectivity index (χ4v) is 3.45. The summed E-state index contributed by atoms with van der Waals surface area (Å²) in [4.78, 5) is 4.39. The topological polar surface area (TPSA) is 51.8 Å². The van der Waals surface area contributed by atoms with Crippen LogP contribution < -0.4 is 0 Å². The molecule has 0 radical (unpaired) electrons. The predicted octanol–water partition coefficient (Wildman–Crippen LogP) is 4.37. The molecule has 0 saturated carbocycles. The largest absolute Gasteiger partial charge is 0.416 e. The normalized spacial score (nSPS) is 11.0. The lowest BCUT2D eigenvalue weighted by molar-refractivity contribution is 0.419. The third-order valence-corrected chi connectivity index (χ3v) is 4.81. The van der Waals surface area contributed by atoms with Crippen LogP contribution in [0.2, 0.25) is 5.02 Å². The number of rotatable bonds is 5. The Morgan fingerprint density at radius 3 is 2.90 bits per heavy atom. The van der Waals surface area contributed by atoms with E-state index in [1.807, 2.05) is 36.6 Å². The molecule has 0 aliphatic rings. The summed E-state index contributed by atoms with van der Waals surface area (Å²) in [5.41, 5.74) is 2.02. The van der Waals surface area contributed by atoms with Crippen LogP contribution in [0.1, 0.15) is 22.2 Å². The average Bonchev–Trinajstić information content (AvgIpc) is 3.08. The molecule has 108 valence electrons. The van der Waals surface area contributed by atoms with Gasteiger partial charge in [-0.1, -0.05) is 41.6 Å². The zero-order valence-electron chi connectivity index (χ0n) is 11.2. The molecule has 3 rings (SSSR count). The Morgan fingerprint density at radius 1 is 1.29 bits per heavy atom. The summed E-state index contributed by atoms with van der Waals surface area (Å²) in [7, 11) is 0. The third kappa shape index (κ3) is 3.84. The van der Waals surface area contributed by atoms with E-state index in [2.05, 4.69) is 15.2 Å². The van der Waals surface area contributed by atoms with Crippen molar-refractivity contribution in [2.45, 2.75) is 24.3 Å². The van der Waals surface area contributed by atoms with Crippen molar-refractivity contribution >= 4 is 34.7 Å². The fourth-order valence-electron chi connectivity index (χ4n) is 1.77. The third-order valence-electron chi connectivity index (χ3n) is 2.76. The van der Waals surface area contributed by atoms with E-state index >= 15 is 0 Å². The van der Waals surface area contributed by atoms with Gasteiger partial charge in [0, 0.05) is 16.2 Å². The van der Waals surface area contributed by atoms with Gasteiger partial charge in [0.05, 0.1) is 17.1 Å². The molecule has 0 N–H and O–H groups in total. The summed E-state index contributed by atoms with van der Waals surface area (Å²) in [5.74, 6) is 1.29. The van der Waals surface area contributed by atoms with Gasteiger partial charge in [0.1, 0.15) is 0 Å². The molecule has 0 amide bonds. The van der Waals surface area contributed by atoms with Crippen molar-refractivity contribution in [3.63, 3.8) is 0 Å². The van der Waals surface area contributed by atoms with Crippen LogP contribution in [-0.2, 0) is 12.2 Å². The van der Waals surface area contributed by atoms with Gasteiger partial charge in [0.15, 0.2) is 0 Å². The highest BCUT2D eigenvalue weighted by Crippen LogP contribution is 2.26. The van der Waals surface area contributed by atoms with Crippen LogP contribution in [-0.4, -0.2) is 15.2 Å². The molecule has 0 aliphatic heterocycles. The molecule has 1 aromatic carbocycles. The van der Waals surface area contributed by atoms with Gasteiger partial charge in [-0.3, -0.25) is 0 Å². The van der Waals surface area contributed by atoms with Gasteiger partial charge in [-0.25, -0.2) is 4.98 Å². The van der Waals surface area contributed by atoms with E-state index in [0.29, 0.717) is 23.3 Å². The lowest BCUT2D eigenvalue weighted by atomic mass is 10.2. The van der Waals surface area contributed by atoms with Gasteiger partial charge in [-0.15, -0.1) is 21.5 Å². The molecule has 2 heterocycles. The summed E-state index contributed by atoms with van der Waals surface area (Å²) in [6, 6.07) is 7.74. The van der Waals surface area contributed by atoms with Gasteiger partial charge >= 0.3 is 0 Å². The Labute approximate surface area is 135 Å². The minimum Gasteiger partial charge on any atom is -0.416 e. The molecular weight excluding hydrogens is 326 g/mol. The number of aromatic nitrogens is 3. The van der Waals surface area contributed by atoms with Gasteiger partial charge in [-0.2, -0.15) is 0 Å². The molecule has 0 fully saturated rings. The summed E-state index contributed by atoms with van der Waals surface area (Å²) >= 11 is 9.22. The first-order chi connectivity index (χ1) is 10.2. The number of thiazole rings is 1. The van der Waals surface area contributed by atoms with Crippen molar-refractivity contribution in [1.82, 2.24) is 15.2 Å². The molecule has 7 heteroatoms. The Balaban J connectivity index is 1.61. The van der Waals surface area contributed by atoms with Crippen molar-refractivity contribution in [2.75, 3.05) is 0 Å². The van der Waals surface area contributed by atoms with E-state index in [4.69, 9.17) is 16.0 Å². The zero-order valence-corrected chi connectivity index (χ0v) is 13.6. The minimum atomic E-state index is 0.553. The number of hydrogen-bond donors (Lipinski definition) is 0. The first-order valence-corrected chi connectivity index (χ1v) is 8.54. The summed E-state index contributed by atoms with van der Waals surface area (Å²) in [5, 5.41) is 12.4. The van der Waals surface area contributed by atoms with E-state index in [0.717, 1.165) is 21.3 Å². The summed E-state index contributed by atoms with van der Waals surface area (Å²) in [6.07, 6.45) is 0.573. The molecule has 0 aliphatic carbocycles. The standard InChI is InChI=1S/C14H12ClN3OS2/c1-9-16-11(8-20-9)6-13-17-18-14(19-13)21-7-10-4-2-3-5-12(10)15/h2-5,8H,6-7H2,1H3. The van der Waals surface area contributed by atoms with Gasteiger partial charge in [0.25, 0.3) is 5.22 Å². The molecular formula is C14H12ClN3OS2. The lowest BCUT2D eigenvalue weighted by Gasteiger charge is -2.00. The maximum absolute atomic E-state index is 6.12. The maximum atomic E-state index is 6.12. The van der Waals surface area contributed by atoms with Crippen LogP contribution in [0.25, 0.3) is 0 Å². The molecule has 4 nitrogen and oxygen atoms in total. The number of thioether (sulfide) groups is 1.